The molecular weight excluding hydrogens is 276 g/mol. The number of rotatable bonds is 1. The quantitative estimate of drug-likeness (QED) is 0.806. The lowest BCUT2D eigenvalue weighted by molar-refractivity contribution is 0.299. The van der Waals surface area contributed by atoms with Gasteiger partial charge in [-0.1, -0.05) is 29.8 Å². The Kier molecular flexibility index (Phi) is 2.24. The number of phenols is 1. The molecule has 1 nitrogen and oxygen atoms in total. The van der Waals surface area contributed by atoms with Crippen LogP contribution in [0.25, 0.3) is 0 Å². The Bertz CT molecular complexity index is 494. The molecule has 1 N–H and O–H groups in total. The largest absolute Gasteiger partial charge is 0.508 e. The van der Waals surface area contributed by atoms with Gasteiger partial charge in [-0.25, -0.2) is 0 Å². The van der Waals surface area contributed by atoms with Gasteiger partial charge >= 0.3 is 0 Å². The highest BCUT2D eigenvalue weighted by Gasteiger charge is 2.66. The van der Waals surface area contributed by atoms with Crippen molar-refractivity contribution in [3.8, 4) is 5.75 Å². The highest BCUT2D eigenvalue weighted by molar-refractivity contribution is 9.10. The van der Waals surface area contributed by atoms with E-state index in [0.29, 0.717) is 11.2 Å². The summed E-state index contributed by atoms with van der Waals surface area (Å²) in [6, 6.07) is 4.03. The van der Waals surface area contributed by atoms with E-state index >= 15 is 0 Å². The highest BCUT2D eigenvalue weighted by Crippen LogP contribution is 2.73. The molecule has 0 radical (unpaired) electrons. The van der Waals surface area contributed by atoms with Gasteiger partial charge in [0, 0.05) is 15.5 Å². The molecule has 0 heterocycles. The van der Waals surface area contributed by atoms with Crippen molar-refractivity contribution < 1.29 is 5.11 Å². The van der Waals surface area contributed by atoms with Gasteiger partial charge in [0.2, 0.25) is 0 Å². The van der Waals surface area contributed by atoms with Crippen molar-refractivity contribution in [3.63, 3.8) is 0 Å². The van der Waals surface area contributed by atoms with Gasteiger partial charge in [-0.3, -0.25) is 0 Å². The van der Waals surface area contributed by atoms with Crippen LogP contribution in [0.15, 0.2) is 16.6 Å². The first-order valence-corrected chi connectivity index (χ1v) is 7.17. The third-order valence-corrected chi connectivity index (χ3v) is 6.39. The van der Waals surface area contributed by atoms with Crippen molar-refractivity contribution >= 4 is 15.9 Å². The lowest BCUT2D eigenvalue weighted by atomic mass is 9.70. The summed E-state index contributed by atoms with van der Waals surface area (Å²) in [4.78, 5) is 0. The van der Waals surface area contributed by atoms with Crippen molar-refractivity contribution in [3.05, 3.63) is 27.7 Å². The molecule has 1 unspecified atom stereocenters. The van der Waals surface area contributed by atoms with E-state index in [0.717, 1.165) is 21.5 Å². The number of fused-ring (bicyclic) bond motifs is 1. The predicted octanol–water partition coefficient (Wildman–Crippen LogP) is 4.54. The van der Waals surface area contributed by atoms with E-state index in [2.05, 4.69) is 35.8 Å². The van der Waals surface area contributed by atoms with Crippen LogP contribution in [0.4, 0.5) is 0 Å². The lowest BCUT2D eigenvalue weighted by Gasteiger charge is -2.34. The van der Waals surface area contributed by atoms with Crippen molar-refractivity contribution in [1.29, 1.82) is 0 Å². The number of aromatic hydroxyl groups is 1. The zero-order valence-electron chi connectivity index (χ0n) is 10.7. The molecule has 92 valence electrons. The van der Waals surface area contributed by atoms with Gasteiger partial charge in [0.1, 0.15) is 5.75 Å². The topological polar surface area (TPSA) is 20.2 Å². The predicted molar refractivity (Wildman–Crippen MR) is 73.3 cm³/mol. The van der Waals surface area contributed by atoms with Gasteiger partial charge in [-0.05, 0) is 55.2 Å². The molecule has 17 heavy (non-hydrogen) atoms. The first-order valence-electron chi connectivity index (χ1n) is 6.38. The van der Waals surface area contributed by atoms with Crippen LogP contribution in [-0.2, 0) is 5.41 Å². The van der Waals surface area contributed by atoms with Crippen molar-refractivity contribution in [2.45, 2.75) is 45.4 Å². The monoisotopic (exact) mass is 294 g/mol. The second-order valence-corrected chi connectivity index (χ2v) is 7.16. The van der Waals surface area contributed by atoms with Crippen LogP contribution in [0.5, 0.6) is 5.75 Å². The minimum absolute atomic E-state index is 0.151. The molecule has 2 aliphatic carbocycles. The fourth-order valence-electron chi connectivity index (χ4n) is 3.85. The zero-order valence-corrected chi connectivity index (χ0v) is 12.3. The Labute approximate surface area is 111 Å². The minimum Gasteiger partial charge on any atom is -0.508 e. The van der Waals surface area contributed by atoms with Crippen LogP contribution in [0, 0.1) is 18.3 Å². The maximum atomic E-state index is 10.3. The summed E-state index contributed by atoms with van der Waals surface area (Å²) < 4.78 is 1.11. The molecule has 0 spiro atoms. The van der Waals surface area contributed by atoms with E-state index in [9.17, 15) is 5.11 Å². The number of hydrogen-bond donors (Lipinski definition) is 1. The van der Waals surface area contributed by atoms with Crippen LogP contribution in [0.1, 0.15) is 44.2 Å². The molecular formula is C15H19BrO. The average Bonchev–Trinajstić information content (AvgIpc) is 2.87. The molecule has 3 rings (SSSR count). The standard InChI is InChI=1S/C15H19BrO/c1-9-6-13(17)11(7-12(9)16)14(2)5-4-10-8-15(10,14)3/h6-7,10,17H,4-5,8H2,1-3H3/t10?,14-,15-/m0/s1. The summed E-state index contributed by atoms with van der Waals surface area (Å²) in [5.41, 5.74) is 2.81. The van der Waals surface area contributed by atoms with E-state index in [1.165, 1.54) is 19.3 Å². The van der Waals surface area contributed by atoms with Crippen LogP contribution in [0.3, 0.4) is 0 Å². The normalized spacial score (nSPS) is 39.2. The first-order chi connectivity index (χ1) is 7.88. The zero-order chi connectivity index (χ0) is 12.4. The first kappa shape index (κ1) is 11.6. The molecule has 3 atom stereocenters. The Morgan fingerprint density at radius 2 is 2.06 bits per heavy atom. The molecule has 0 bridgehead atoms. The van der Waals surface area contributed by atoms with E-state index in [4.69, 9.17) is 0 Å². The second-order valence-electron chi connectivity index (χ2n) is 6.31. The third-order valence-electron chi connectivity index (χ3n) is 5.54. The fourth-order valence-corrected chi connectivity index (χ4v) is 4.19. The maximum Gasteiger partial charge on any atom is 0.119 e. The molecule has 2 saturated carbocycles. The second kappa shape index (κ2) is 3.28. The fraction of sp³-hybridized carbons (Fsp3) is 0.600. The number of phenolic OH excluding ortho intramolecular Hbond substituents is 1. The van der Waals surface area contributed by atoms with Crippen LogP contribution >= 0.6 is 15.9 Å². The third kappa shape index (κ3) is 1.36. The van der Waals surface area contributed by atoms with Gasteiger partial charge in [-0.2, -0.15) is 0 Å². The summed E-state index contributed by atoms with van der Waals surface area (Å²) in [5.74, 6) is 1.36. The van der Waals surface area contributed by atoms with Gasteiger partial charge in [0.15, 0.2) is 0 Å². The molecule has 0 saturated heterocycles. The number of aryl methyl sites for hydroxylation is 1. The van der Waals surface area contributed by atoms with Gasteiger partial charge in [0.05, 0.1) is 0 Å². The SMILES string of the molecule is Cc1cc(O)c([C@]2(C)CCC3C[C@@]32C)cc1Br. The summed E-state index contributed by atoms with van der Waals surface area (Å²) in [6.07, 6.45) is 3.85. The van der Waals surface area contributed by atoms with Crippen molar-refractivity contribution in [2.75, 3.05) is 0 Å². The number of benzene rings is 1. The number of halogens is 1. The lowest BCUT2D eigenvalue weighted by Crippen LogP contribution is -2.29. The van der Waals surface area contributed by atoms with E-state index in [-0.39, 0.29) is 5.41 Å². The Hall–Kier alpha value is -0.500. The molecule has 2 aliphatic rings. The molecule has 0 aromatic heterocycles. The molecule has 1 aromatic rings. The van der Waals surface area contributed by atoms with Crippen molar-refractivity contribution in [1.82, 2.24) is 0 Å². The van der Waals surface area contributed by atoms with E-state index < -0.39 is 0 Å². The van der Waals surface area contributed by atoms with Gasteiger partial charge in [-0.15, -0.1) is 0 Å². The van der Waals surface area contributed by atoms with Gasteiger partial charge in [0.25, 0.3) is 0 Å². The molecule has 0 aliphatic heterocycles. The number of hydrogen-bond acceptors (Lipinski definition) is 1. The summed E-state index contributed by atoms with van der Waals surface area (Å²) >= 11 is 3.59. The Morgan fingerprint density at radius 3 is 2.59 bits per heavy atom. The van der Waals surface area contributed by atoms with Crippen LogP contribution in [0.2, 0.25) is 0 Å². The molecule has 2 heteroatoms. The summed E-state index contributed by atoms with van der Waals surface area (Å²) in [6.45, 7) is 6.74. The average molecular weight is 295 g/mol. The molecule has 2 fully saturated rings. The Morgan fingerprint density at radius 1 is 1.35 bits per heavy atom. The van der Waals surface area contributed by atoms with Gasteiger partial charge < -0.3 is 5.11 Å². The maximum absolute atomic E-state index is 10.3. The van der Waals surface area contributed by atoms with E-state index in [1.807, 2.05) is 13.0 Å². The highest BCUT2D eigenvalue weighted by atomic mass is 79.9. The summed E-state index contributed by atoms with van der Waals surface area (Å²) in [5, 5.41) is 10.3. The summed E-state index contributed by atoms with van der Waals surface area (Å²) in [7, 11) is 0. The minimum atomic E-state index is 0.151. The van der Waals surface area contributed by atoms with Crippen molar-refractivity contribution in [2.24, 2.45) is 11.3 Å². The van der Waals surface area contributed by atoms with Crippen LogP contribution in [-0.4, -0.2) is 5.11 Å². The van der Waals surface area contributed by atoms with Crippen LogP contribution < -0.4 is 0 Å². The molecule has 0 amide bonds. The van der Waals surface area contributed by atoms with E-state index in [1.54, 1.807) is 0 Å². The Balaban J connectivity index is 2.13. The molecule has 1 aromatic carbocycles. The smallest absolute Gasteiger partial charge is 0.119 e.